The van der Waals surface area contributed by atoms with Gasteiger partial charge in [-0.05, 0) is 61.2 Å². The Bertz CT molecular complexity index is 312. The van der Waals surface area contributed by atoms with E-state index in [1.165, 1.54) is 19.3 Å². The van der Waals surface area contributed by atoms with Gasteiger partial charge in [-0.1, -0.05) is 32.4 Å². The van der Waals surface area contributed by atoms with Gasteiger partial charge >= 0.3 is 0 Å². The Morgan fingerprint density at radius 3 is 2.73 bits per heavy atom. The van der Waals surface area contributed by atoms with Gasteiger partial charge in [0.1, 0.15) is 0 Å². The number of fused-ring (bicyclic) bond motifs is 1. The summed E-state index contributed by atoms with van der Waals surface area (Å²) in [6.45, 7) is 9.81. The van der Waals surface area contributed by atoms with E-state index >= 15 is 0 Å². The normalized spacial score (nSPS) is 52.5. The monoisotopic (exact) mass is 204 g/mol. The molecule has 2 unspecified atom stereocenters. The van der Waals surface area contributed by atoms with E-state index in [2.05, 4.69) is 33.8 Å². The number of allylic oxidation sites excluding steroid dienone is 2. The largest absolute Gasteiger partial charge is 0.0850 e. The van der Waals surface area contributed by atoms with Gasteiger partial charge in [0.15, 0.2) is 0 Å². The molecular formula is C15H24. The van der Waals surface area contributed by atoms with Crippen molar-refractivity contribution < 1.29 is 0 Å². The average Bonchev–Trinajstić information content (AvgIpc) is 2.17. The van der Waals surface area contributed by atoms with Crippen molar-refractivity contribution in [3.8, 4) is 0 Å². The minimum absolute atomic E-state index is 0.703. The fourth-order valence-electron chi connectivity index (χ4n) is 5.25. The second-order valence-corrected chi connectivity index (χ2v) is 6.80. The zero-order chi connectivity index (χ0) is 10.8. The van der Waals surface area contributed by atoms with Gasteiger partial charge in [-0.3, -0.25) is 0 Å². The Balaban J connectivity index is 1.95. The molecule has 4 bridgehead atoms. The summed E-state index contributed by atoms with van der Waals surface area (Å²) in [6.07, 6.45) is 6.90. The molecule has 0 nitrogen and oxygen atoms in total. The molecule has 0 spiro atoms. The molecule has 2 fully saturated rings. The van der Waals surface area contributed by atoms with Crippen molar-refractivity contribution in [3.63, 3.8) is 0 Å². The van der Waals surface area contributed by atoms with E-state index in [-0.39, 0.29) is 0 Å². The standard InChI is InChI=1S/C15H24/c1-9(2)11-7-8-15(4)12-6-5-10(3)14(15)13(11)12/h5,9,11-14H,6-8H2,1-4H3/t11?,12-,13-,14?,15+/m1/s1. The van der Waals surface area contributed by atoms with Crippen LogP contribution in [0.15, 0.2) is 11.6 Å². The van der Waals surface area contributed by atoms with Crippen molar-refractivity contribution in [2.75, 3.05) is 0 Å². The lowest BCUT2D eigenvalue weighted by atomic mass is 9.34. The first-order valence-corrected chi connectivity index (χ1v) is 6.72. The summed E-state index contributed by atoms with van der Waals surface area (Å²) in [5.74, 6) is 4.96. The number of rotatable bonds is 1. The second-order valence-electron chi connectivity index (χ2n) is 6.80. The maximum atomic E-state index is 2.56. The van der Waals surface area contributed by atoms with Crippen molar-refractivity contribution in [3.05, 3.63) is 11.6 Å². The SMILES string of the molecule is CC1=CC[C@@H]2[C@H]3C(C(C)C)CC[C@]2(C)C13. The van der Waals surface area contributed by atoms with Gasteiger partial charge in [-0.2, -0.15) is 0 Å². The van der Waals surface area contributed by atoms with Crippen LogP contribution in [0, 0.1) is 35.0 Å². The Hall–Kier alpha value is -0.260. The van der Waals surface area contributed by atoms with Crippen molar-refractivity contribution in [1.29, 1.82) is 0 Å². The summed E-state index contributed by atoms with van der Waals surface area (Å²) in [4.78, 5) is 0. The third-order valence-corrected chi connectivity index (χ3v) is 5.96. The topological polar surface area (TPSA) is 0 Å². The van der Waals surface area contributed by atoms with E-state index in [1.807, 2.05) is 0 Å². The van der Waals surface area contributed by atoms with Crippen LogP contribution in [0.25, 0.3) is 0 Å². The molecule has 0 aliphatic heterocycles. The molecule has 0 saturated heterocycles. The fraction of sp³-hybridized carbons (Fsp3) is 0.867. The Labute approximate surface area is 94.1 Å². The smallest absolute Gasteiger partial charge is 0.0115 e. The van der Waals surface area contributed by atoms with E-state index < -0.39 is 0 Å². The first-order valence-electron chi connectivity index (χ1n) is 6.72. The molecule has 0 heteroatoms. The molecule has 4 rings (SSSR count). The van der Waals surface area contributed by atoms with Gasteiger partial charge in [0.25, 0.3) is 0 Å². The van der Waals surface area contributed by atoms with Crippen LogP contribution in [0.4, 0.5) is 0 Å². The molecule has 0 amide bonds. The van der Waals surface area contributed by atoms with Crippen LogP contribution in [-0.4, -0.2) is 0 Å². The fourth-order valence-corrected chi connectivity index (χ4v) is 5.25. The highest BCUT2D eigenvalue weighted by molar-refractivity contribution is 5.28. The van der Waals surface area contributed by atoms with Gasteiger partial charge in [0.05, 0.1) is 0 Å². The number of hydrogen-bond donors (Lipinski definition) is 0. The van der Waals surface area contributed by atoms with E-state index in [4.69, 9.17) is 0 Å². The lowest BCUT2D eigenvalue weighted by Crippen LogP contribution is -2.63. The van der Waals surface area contributed by atoms with Crippen LogP contribution in [0.1, 0.15) is 47.0 Å². The molecule has 0 aromatic heterocycles. The Kier molecular flexibility index (Phi) is 1.92. The average molecular weight is 204 g/mol. The van der Waals surface area contributed by atoms with Crippen molar-refractivity contribution in [2.24, 2.45) is 35.0 Å². The van der Waals surface area contributed by atoms with Gasteiger partial charge < -0.3 is 0 Å². The Morgan fingerprint density at radius 2 is 2.13 bits per heavy atom. The van der Waals surface area contributed by atoms with Gasteiger partial charge in [-0.25, -0.2) is 0 Å². The van der Waals surface area contributed by atoms with E-state index in [9.17, 15) is 0 Å². The predicted molar refractivity (Wildman–Crippen MR) is 64.5 cm³/mol. The molecule has 5 atom stereocenters. The quantitative estimate of drug-likeness (QED) is 0.559. The zero-order valence-corrected chi connectivity index (χ0v) is 10.6. The molecule has 0 aromatic rings. The minimum atomic E-state index is 0.703. The first-order chi connectivity index (χ1) is 7.05. The second kappa shape index (κ2) is 2.90. The third-order valence-electron chi connectivity index (χ3n) is 5.96. The van der Waals surface area contributed by atoms with E-state index in [0.29, 0.717) is 5.41 Å². The van der Waals surface area contributed by atoms with E-state index in [0.717, 1.165) is 29.6 Å². The molecule has 0 aromatic carbocycles. The van der Waals surface area contributed by atoms with Crippen LogP contribution in [0.3, 0.4) is 0 Å². The van der Waals surface area contributed by atoms with Gasteiger partial charge in [0, 0.05) is 0 Å². The highest BCUT2D eigenvalue weighted by Gasteiger charge is 2.64. The highest BCUT2D eigenvalue weighted by atomic mass is 14.7. The zero-order valence-electron chi connectivity index (χ0n) is 10.6. The van der Waals surface area contributed by atoms with Crippen molar-refractivity contribution in [2.45, 2.75) is 47.0 Å². The lowest BCUT2D eigenvalue weighted by molar-refractivity contribution is -0.181. The van der Waals surface area contributed by atoms with Crippen LogP contribution >= 0.6 is 0 Å². The lowest BCUT2D eigenvalue weighted by Gasteiger charge is -2.70. The van der Waals surface area contributed by atoms with Crippen molar-refractivity contribution in [1.82, 2.24) is 0 Å². The van der Waals surface area contributed by atoms with Crippen LogP contribution < -0.4 is 0 Å². The van der Waals surface area contributed by atoms with Crippen molar-refractivity contribution >= 4 is 0 Å². The summed E-state index contributed by atoms with van der Waals surface area (Å²) in [5.41, 5.74) is 2.42. The van der Waals surface area contributed by atoms with Gasteiger partial charge in [0.2, 0.25) is 0 Å². The first kappa shape index (κ1) is 9.93. The molecule has 0 radical (unpaired) electrons. The summed E-state index contributed by atoms with van der Waals surface area (Å²) in [7, 11) is 0. The summed E-state index contributed by atoms with van der Waals surface area (Å²) >= 11 is 0. The molecule has 15 heavy (non-hydrogen) atoms. The highest BCUT2D eigenvalue weighted by Crippen LogP contribution is 2.71. The minimum Gasteiger partial charge on any atom is -0.0850 e. The number of hydrogen-bond acceptors (Lipinski definition) is 0. The maximum absolute atomic E-state index is 2.56. The molecule has 2 saturated carbocycles. The Morgan fingerprint density at radius 1 is 1.40 bits per heavy atom. The molecule has 84 valence electrons. The predicted octanol–water partition coefficient (Wildman–Crippen LogP) is 4.27. The van der Waals surface area contributed by atoms with E-state index in [1.54, 1.807) is 5.57 Å². The summed E-state index contributed by atoms with van der Waals surface area (Å²) in [6, 6.07) is 0. The molecular weight excluding hydrogens is 180 g/mol. The van der Waals surface area contributed by atoms with Crippen LogP contribution in [0.2, 0.25) is 0 Å². The molecule has 4 aliphatic rings. The molecule has 0 heterocycles. The van der Waals surface area contributed by atoms with Gasteiger partial charge in [-0.15, -0.1) is 0 Å². The molecule has 4 aliphatic carbocycles. The van der Waals surface area contributed by atoms with Crippen LogP contribution in [0.5, 0.6) is 0 Å². The third kappa shape index (κ3) is 1.04. The summed E-state index contributed by atoms with van der Waals surface area (Å²) < 4.78 is 0. The molecule has 0 N–H and O–H groups in total. The summed E-state index contributed by atoms with van der Waals surface area (Å²) in [5, 5.41) is 0. The maximum Gasteiger partial charge on any atom is -0.0115 e. The van der Waals surface area contributed by atoms with Crippen LogP contribution in [-0.2, 0) is 0 Å².